The van der Waals surface area contributed by atoms with Crippen LogP contribution in [0.2, 0.25) is 0 Å². The molecule has 0 aliphatic heterocycles. The van der Waals surface area contributed by atoms with Crippen LogP contribution in [-0.2, 0) is 4.74 Å². The van der Waals surface area contributed by atoms with Gasteiger partial charge in [0.1, 0.15) is 12.0 Å². The number of anilines is 2. The molecule has 0 aliphatic carbocycles. The van der Waals surface area contributed by atoms with Gasteiger partial charge in [0.2, 0.25) is 0 Å². The van der Waals surface area contributed by atoms with Gasteiger partial charge in [-0.25, -0.2) is 0 Å². The van der Waals surface area contributed by atoms with E-state index in [2.05, 4.69) is 5.32 Å². The van der Waals surface area contributed by atoms with Crippen LogP contribution in [0.15, 0.2) is 18.2 Å². The van der Waals surface area contributed by atoms with Crippen LogP contribution in [0.1, 0.15) is 13.3 Å². The Morgan fingerprint density at radius 3 is 2.67 bits per heavy atom. The summed E-state index contributed by atoms with van der Waals surface area (Å²) in [7, 11) is 3.30. The minimum atomic E-state index is -0.0271. The van der Waals surface area contributed by atoms with E-state index in [9.17, 15) is 0 Å². The zero-order valence-electron chi connectivity index (χ0n) is 9.41. The third kappa shape index (κ3) is 3.02. The molecule has 1 unspecified atom stereocenters. The molecule has 0 aliphatic rings. The van der Waals surface area contributed by atoms with Gasteiger partial charge in [-0.3, -0.25) is 0 Å². The minimum absolute atomic E-state index is 0.0271. The topological polar surface area (TPSA) is 56.5 Å². The fourth-order valence-corrected chi connectivity index (χ4v) is 1.34. The lowest BCUT2D eigenvalue weighted by molar-refractivity contribution is 0.122. The molecule has 1 aromatic carbocycles. The molecule has 84 valence electrons. The second-order valence-electron chi connectivity index (χ2n) is 3.24. The molecule has 15 heavy (non-hydrogen) atoms. The van der Waals surface area contributed by atoms with E-state index >= 15 is 0 Å². The van der Waals surface area contributed by atoms with Crippen molar-refractivity contribution in [3.8, 4) is 5.75 Å². The third-order valence-electron chi connectivity index (χ3n) is 2.20. The van der Waals surface area contributed by atoms with Crippen molar-refractivity contribution in [2.45, 2.75) is 19.6 Å². The van der Waals surface area contributed by atoms with Gasteiger partial charge in [0.05, 0.1) is 12.8 Å². The highest BCUT2D eigenvalue weighted by Crippen LogP contribution is 2.27. The molecule has 0 radical (unpaired) electrons. The number of nitrogens with two attached hydrogens (primary N) is 1. The van der Waals surface area contributed by atoms with Gasteiger partial charge in [0.15, 0.2) is 0 Å². The van der Waals surface area contributed by atoms with Gasteiger partial charge in [-0.1, -0.05) is 6.92 Å². The molecule has 3 N–H and O–H groups in total. The fourth-order valence-electron chi connectivity index (χ4n) is 1.34. The van der Waals surface area contributed by atoms with Crippen molar-refractivity contribution < 1.29 is 9.47 Å². The number of ether oxygens (including phenoxy) is 2. The summed E-state index contributed by atoms with van der Waals surface area (Å²) in [4.78, 5) is 0. The second-order valence-corrected chi connectivity index (χ2v) is 3.24. The maximum atomic E-state index is 5.70. The summed E-state index contributed by atoms with van der Waals surface area (Å²) in [6.45, 7) is 2.04. The van der Waals surface area contributed by atoms with Crippen LogP contribution in [0.3, 0.4) is 0 Å². The number of hydrogen-bond acceptors (Lipinski definition) is 4. The van der Waals surface area contributed by atoms with E-state index in [0.717, 1.165) is 17.9 Å². The van der Waals surface area contributed by atoms with Crippen molar-refractivity contribution >= 4 is 11.4 Å². The SMILES string of the molecule is CCC(Nc1cc(N)ccc1OC)OC. The summed E-state index contributed by atoms with van der Waals surface area (Å²) < 4.78 is 10.5. The monoisotopic (exact) mass is 210 g/mol. The molecule has 0 fully saturated rings. The molecule has 1 aromatic rings. The molecule has 0 aromatic heterocycles. The van der Waals surface area contributed by atoms with E-state index in [4.69, 9.17) is 15.2 Å². The molecule has 0 saturated heterocycles. The van der Waals surface area contributed by atoms with Gasteiger partial charge in [0, 0.05) is 12.8 Å². The van der Waals surface area contributed by atoms with Crippen LogP contribution in [0, 0.1) is 0 Å². The molecular formula is C11H18N2O2. The van der Waals surface area contributed by atoms with E-state index in [1.54, 1.807) is 20.3 Å². The standard InChI is InChI=1S/C11H18N2O2/c1-4-11(15-3)13-9-7-8(12)5-6-10(9)14-2/h5-7,11,13H,4,12H2,1-3H3. The highest BCUT2D eigenvalue weighted by molar-refractivity contribution is 5.63. The first-order valence-electron chi connectivity index (χ1n) is 4.94. The summed E-state index contributed by atoms with van der Waals surface area (Å²) >= 11 is 0. The van der Waals surface area contributed by atoms with Crippen LogP contribution < -0.4 is 15.8 Å². The average Bonchev–Trinajstić information content (AvgIpc) is 2.26. The summed E-state index contributed by atoms with van der Waals surface area (Å²) in [5.41, 5.74) is 7.26. The predicted octanol–water partition coefficient (Wildman–Crippen LogP) is 2.07. The molecule has 1 atom stereocenters. The molecule has 0 amide bonds. The van der Waals surface area contributed by atoms with Crippen molar-refractivity contribution in [3.05, 3.63) is 18.2 Å². The van der Waals surface area contributed by atoms with Crippen LogP contribution >= 0.6 is 0 Å². The average molecular weight is 210 g/mol. The Bertz CT molecular complexity index is 311. The summed E-state index contributed by atoms with van der Waals surface area (Å²) in [5.74, 6) is 0.764. The number of nitrogens with one attached hydrogen (secondary N) is 1. The quantitative estimate of drug-likeness (QED) is 0.577. The van der Waals surface area contributed by atoms with E-state index in [0.29, 0.717) is 5.69 Å². The van der Waals surface area contributed by atoms with Crippen molar-refractivity contribution in [1.29, 1.82) is 0 Å². The summed E-state index contributed by atoms with van der Waals surface area (Å²) in [5, 5.41) is 3.21. The lowest BCUT2D eigenvalue weighted by Crippen LogP contribution is -2.20. The van der Waals surface area contributed by atoms with Crippen molar-refractivity contribution in [1.82, 2.24) is 0 Å². The first-order chi connectivity index (χ1) is 7.21. The largest absolute Gasteiger partial charge is 0.495 e. The summed E-state index contributed by atoms with van der Waals surface area (Å²) in [6, 6.07) is 5.47. The van der Waals surface area contributed by atoms with E-state index in [1.165, 1.54) is 0 Å². The number of benzene rings is 1. The second kappa shape index (κ2) is 5.46. The zero-order chi connectivity index (χ0) is 11.3. The van der Waals surface area contributed by atoms with Gasteiger partial charge in [-0.05, 0) is 24.6 Å². The summed E-state index contributed by atoms with van der Waals surface area (Å²) in [6.07, 6.45) is 0.842. The van der Waals surface area contributed by atoms with Gasteiger partial charge >= 0.3 is 0 Å². The Labute approximate surface area is 90.4 Å². The van der Waals surface area contributed by atoms with Crippen LogP contribution in [0.5, 0.6) is 5.75 Å². The van der Waals surface area contributed by atoms with Crippen molar-refractivity contribution in [3.63, 3.8) is 0 Å². The fraction of sp³-hybridized carbons (Fsp3) is 0.455. The van der Waals surface area contributed by atoms with Gasteiger partial charge in [-0.2, -0.15) is 0 Å². The number of hydrogen-bond donors (Lipinski definition) is 2. The first kappa shape index (κ1) is 11.7. The Balaban J connectivity index is 2.86. The first-order valence-corrected chi connectivity index (χ1v) is 4.94. The molecule has 1 rings (SSSR count). The number of nitrogen functional groups attached to an aromatic ring is 1. The highest BCUT2D eigenvalue weighted by Gasteiger charge is 2.08. The minimum Gasteiger partial charge on any atom is -0.495 e. The van der Waals surface area contributed by atoms with E-state index < -0.39 is 0 Å². The Hall–Kier alpha value is -1.42. The van der Waals surface area contributed by atoms with Crippen molar-refractivity contribution in [2.75, 3.05) is 25.3 Å². The Morgan fingerprint density at radius 2 is 2.13 bits per heavy atom. The van der Waals surface area contributed by atoms with Crippen LogP contribution in [-0.4, -0.2) is 20.4 Å². The molecule has 4 nitrogen and oxygen atoms in total. The highest BCUT2D eigenvalue weighted by atomic mass is 16.5. The molecular weight excluding hydrogens is 192 g/mol. The Morgan fingerprint density at radius 1 is 1.40 bits per heavy atom. The Kier molecular flexibility index (Phi) is 4.24. The molecule has 0 bridgehead atoms. The van der Waals surface area contributed by atoms with Gasteiger partial charge in [-0.15, -0.1) is 0 Å². The molecule has 0 heterocycles. The van der Waals surface area contributed by atoms with E-state index in [1.807, 2.05) is 19.1 Å². The van der Waals surface area contributed by atoms with Gasteiger partial charge in [0.25, 0.3) is 0 Å². The zero-order valence-corrected chi connectivity index (χ0v) is 9.41. The molecule has 0 saturated carbocycles. The maximum absolute atomic E-state index is 5.70. The maximum Gasteiger partial charge on any atom is 0.142 e. The van der Waals surface area contributed by atoms with Crippen LogP contribution in [0.4, 0.5) is 11.4 Å². The normalized spacial score (nSPS) is 12.2. The van der Waals surface area contributed by atoms with Gasteiger partial charge < -0.3 is 20.5 Å². The lowest BCUT2D eigenvalue weighted by Gasteiger charge is -2.18. The third-order valence-corrected chi connectivity index (χ3v) is 2.20. The lowest BCUT2D eigenvalue weighted by atomic mass is 10.2. The van der Waals surface area contributed by atoms with E-state index in [-0.39, 0.29) is 6.23 Å². The smallest absolute Gasteiger partial charge is 0.142 e. The number of rotatable bonds is 5. The molecule has 0 spiro atoms. The number of methoxy groups -OCH3 is 2. The predicted molar refractivity (Wildman–Crippen MR) is 62.1 cm³/mol. The van der Waals surface area contributed by atoms with Crippen LogP contribution in [0.25, 0.3) is 0 Å². The molecule has 4 heteroatoms. The van der Waals surface area contributed by atoms with Crippen molar-refractivity contribution in [2.24, 2.45) is 0 Å².